The van der Waals surface area contributed by atoms with Crippen molar-refractivity contribution in [1.82, 2.24) is 10.2 Å². The third-order valence-electron chi connectivity index (χ3n) is 4.32. The Morgan fingerprint density at radius 3 is 2.50 bits per heavy atom. The number of nitrogens with zero attached hydrogens (tertiary/aromatic N) is 1. The van der Waals surface area contributed by atoms with E-state index in [1.54, 1.807) is 0 Å². The number of nitrogens with one attached hydrogen (secondary N) is 1. The van der Waals surface area contributed by atoms with Crippen LogP contribution in [0.15, 0.2) is 0 Å². The minimum Gasteiger partial charge on any atom is -0.392 e. The van der Waals surface area contributed by atoms with Crippen molar-refractivity contribution in [3.05, 3.63) is 0 Å². The van der Waals surface area contributed by atoms with Gasteiger partial charge in [0, 0.05) is 25.2 Å². The van der Waals surface area contributed by atoms with Crippen molar-refractivity contribution >= 4 is 0 Å². The molecule has 2 N–H and O–H groups in total. The fourth-order valence-electron chi connectivity index (χ4n) is 3.12. The van der Waals surface area contributed by atoms with Crippen molar-refractivity contribution in [1.29, 1.82) is 0 Å². The summed E-state index contributed by atoms with van der Waals surface area (Å²) in [6.45, 7) is 4.24. The highest BCUT2D eigenvalue weighted by molar-refractivity contribution is 4.85. The summed E-state index contributed by atoms with van der Waals surface area (Å²) in [7, 11) is 2.24. The summed E-state index contributed by atoms with van der Waals surface area (Å²) in [6.07, 6.45) is 6.28. The molecule has 2 fully saturated rings. The molecule has 0 bridgehead atoms. The number of likely N-dealkylation sites (N-methyl/N-ethyl adjacent to an activating group) is 1. The molecule has 3 heteroatoms. The van der Waals surface area contributed by atoms with E-state index in [1.807, 2.05) is 0 Å². The molecule has 1 aliphatic carbocycles. The van der Waals surface area contributed by atoms with E-state index in [2.05, 4.69) is 24.2 Å². The van der Waals surface area contributed by atoms with Crippen molar-refractivity contribution in [3.8, 4) is 0 Å². The largest absolute Gasteiger partial charge is 0.392 e. The fraction of sp³-hybridized carbons (Fsp3) is 1.00. The molecule has 0 amide bonds. The molecule has 0 aromatic heterocycles. The first-order chi connectivity index (χ1) is 7.65. The Kier molecular flexibility index (Phi) is 4.22. The summed E-state index contributed by atoms with van der Waals surface area (Å²) < 4.78 is 0. The number of aliphatic hydroxyl groups excluding tert-OH is 1. The van der Waals surface area contributed by atoms with Crippen LogP contribution in [0.25, 0.3) is 0 Å². The number of aliphatic hydroxyl groups is 1. The smallest absolute Gasteiger partial charge is 0.0680 e. The van der Waals surface area contributed by atoms with E-state index in [-0.39, 0.29) is 6.10 Å². The van der Waals surface area contributed by atoms with Gasteiger partial charge in [0.15, 0.2) is 0 Å². The Hall–Kier alpha value is -0.120. The number of rotatable bonds is 3. The van der Waals surface area contributed by atoms with Gasteiger partial charge in [-0.3, -0.25) is 0 Å². The van der Waals surface area contributed by atoms with E-state index in [4.69, 9.17) is 0 Å². The molecule has 3 nitrogen and oxygen atoms in total. The number of hydrogen-bond acceptors (Lipinski definition) is 3. The highest BCUT2D eigenvalue weighted by atomic mass is 16.3. The molecule has 0 radical (unpaired) electrons. The second-order valence-electron chi connectivity index (χ2n) is 5.85. The first kappa shape index (κ1) is 12.3. The molecule has 0 spiro atoms. The van der Waals surface area contributed by atoms with Crippen LogP contribution in [0.5, 0.6) is 0 Å². The third kappa shape index (κ3) is 3.19. The standard InChI is InChI=1S/C13H26N2O/c1-10-3-5-12(6-4-10)15(2)9-11-7-13(16)8-14-11/h10-14,16H,3-9H2,1-2H3. The molecule has 2 aliphatic rings. The van der Waals surface area contributed by atoms with Gasteiger partial charge < -0.3 is 15.3 Å². The van der Waals surface area contributed by atoms with Gasteiger partial charge in [0.2, 0.25) is 0 Å². The van der Waals surface area contributed by atoms with Crippen LogP contribution in [0, 0.1) is 5.92 Å². The van der Waals surface area contributed by atoms with Gasteiger partial charge >= 0.3 is 0 Å². The number of β-amino-alcohol motifs (C(OH)–C–C–N with tert-alkyl or cyclic N) is 1. The first-order valence-corrected chi connectivity index (χ1v) is 6.77. The van der Waals surface area contributed by atoms with E-state index in [0.29, 0.717) is 6.04 Å². The van der Waals surface area contributed by atoms with E-state index in [0.717, 1.165) is 31.5 Å². The van der Waals surface area contributed by atoms with Crippen LogP contribution in [0.1, 0.15) is 39.0 Å². The van der Waals surface area contributed by atoms with Crippen LogP contribution >= 0.6 is 0 Å². The zero-order valence-electron chi connectivity index (χ0n) is 10.7. The maximum atomic E-state index is 9.48. The summed E-state index contributed by atoms with van der Waals surface area (Å²) in [5.74, 6) is 0.927. The Balaban J connectivity index is 1.73. The molecule has 16 heavy (non-hydrogen) atoms. The van der Waals surface area contributed by atoms with Gasteiger partial charge in [0.1, 0.15) is 0 Å². The maximum absolute atomic E-state index is 9.48. The Labute approximate surface area is 99.2 Å². The fourth-order valence-corrected chi connectivity index (χ4v) is 3.12. The van der Waals surface area contributed by atoms with Crippen LogP contribution in [-0.4, -0.2) is 48.3 Å². The monoisotopic (exact) mass is 226 g/mol. The van der Waals surface area contributed by atoms with Crippen LogP contribution in [0.2, 0.25) is 0 Å². The normalized spacial score (nSPS) is 40.5. The van der Waals surface area contributed by atoms with Gasteiger partial charge in [-0.25, -0.2) is 0 Å². The second kappa shape index (κ2) is 5.48. The van der Waals surface area contributed by atoms with E-state index in [9.17, 15) is 5.11 Å². The van der Waals surface area contributed by atoms with Crippen LogP contribution in [0.3, 0.4) is 0 Å². The maximum Gasteiger partial charge on any atom is 0.0680 e. The molecule has 1 heterocycles. The average molecular weight is 226 g/mol. The highest BCUT2D eigenvalue weighted by Gasteiger charge is 2.27. The Morgan fingerprint density at radius 2 is 1.94 bits per heavy atom. The van der Waals surface area contributed by atoms with Gasteiger partial charge in [-0.05, 0) is 45.1 Å². The molecule has 2 rings (SSSR count). The molecule has 2 unspecified atom stereocenters. The van der Waals surface area contributed by atoms with Crippen molar-refractivity contribution in [2.24, 2.45) is 5.92 Å². The first-order valence-electron chi connectivity index (χ1n) is 6.77. The predicted molar refractivity (Wildman–Crippen MR) is 66.5 cm³/mol. The van der Waals surface area contributed by atoms with Crippen LogP contribution in [0.4, 0.5) is 0 Å². The highest BCUT2D eigenvalue weighted by Crippen LogP contribution is 2.26. The van der Waals surface area contributed by atoms with Crippen molar-refractivity contribution in [2.75, 3.05) is 20.1 Å². The van der Waals surface area contributed by atoms with E-state index in [1.165, 1.54) is 25.7 Å². The summed E-state index contributed by atoms with van der Waals surface area (Å²) in [5.41, 5.74) is 0. The lowest BCUT2D eigenvalue weighted by Crippen LogP contribution is -2.42. The third-order valence-corrected chi connectivity index (χ3v) is 4.32. The molecule has 1 saturated heterocycles. The van der Waals surface area contributed by atoms with Crippen molar-refractivity contribution in [3.63, 3.8) is 0 Å². The van der Waals surface area contributed by atoms with Gasteiger partial charge in [-0.2, -0.15) is 0 Å². The lowest BCUT2D eigenvalue weighted by Gasteiger charge is -2.34. The summed E-state index contributed by atoms with van der Waals surface area (Å²) >= 11 is 0. The van der Waals surface area contributed by atoms with Crippen molar-refractivity contribution in [2.45, 2.75) is 57.2 Å². The van der Waals surface area contributed by atoms with Crippen LogP contribution < -0.4 is 5.32 Å². The minimum atomic E-state index is -0.121. The van der Waals surface area contributed by atoms with Crippen molar-refractivity contribution < 1.29 is 5.11 Å². The average Bonchev–Trinajstić information content (AvgIpc) is 2.65. The SMILES string of the molecule is CC1CCC(N(C)CC2CC(O)CN2)CC1. The lowest BCUT2D eigenvalue weighted by atomic mass is 9.86. The molecule has 2 atom stereocenters. The summed E-state index contributed by atoms with van der Waals surface area (Å²) in [4.78, 5) is 2.50. The van der Waals surface area contributed by atoms with Gasteiger partial charge in [0.25, 0.3) is 0 Å². The van der Waals surface area contributed by atoms with Gasteiger partial charge in [-0.15, -0.1) is 0 Å². The zero-order chi connectivity index (χ0) is 11.5. The van der Waals surface area contributed by atoms with Gasteiger partial charge in [0.05, 0.1) is 6.10 Å². The molecule has 0 aromatic rings. The van der Waals surface area contributed by atoms with Crippen LogP contribution in [-0.2, 0) is 0 Å². The Bertz CT molecular complexity index is 214. The zero-order valence-corrected chi connectivity index (χ0v) is 10.7. The number of hydrogen-bond donors (Lipinski definition) is 2. The lowest BCUT2D eigenvalue weighted by molar-refractivity contribution is 0.152. The molecule has 0 aromatic carbocycles. The van der Waals surface area contributed by atoms with E-state index >= 15 is 0 Å². The second-order valence-corrected chi connectivity index (χ2v) is 5.85. The predicted octanol–water partition coefficient (Wildman–Crippen LogP) is 1.22. The van der Waals surface area contributed by atoms with Gasteiger partial charge in [-0.1, -0.05) is 6.92 Å². The molecular weight excluding hydrogens is 200 g/mol. The molecule has 1 saturated carbocycles. The summed E-state index contributed by atoms with van der Waals surface area (Å²) in [6, 6.07) is 1.27. The molecular formula is C13H26N2O. The minimum absolute atomic E-state index is 0.121. The topological polar surface area (TPSA) is 35.5 Å². The Morgan fingerprint density at radius 1 is 1.25 bits per heavy atom. The summed E-state index contributed by atoms with van der Waals surface area (Å²) in [5, 5.41) is 12.9. The van der Waals surface area contributed by atoms with E-state index < -0.39 is 0 Å². The molecule has 1 aliphatic heterocycles. The molecule has 94 valence electrons. The quantitative estimate of drug-likeness (QED) is 0.759.